The van der Waals surface area contributed by atoms with E-state index in [1.165, 1.54) is 51.4 Å². The molecule has 90 valence electrons. The first-order valence-corrected chi connectivity index (χ1v) is 6.55. The van der Waals surface area contributed by atoms with Crippen LogP contribution in [0.4, 0.5) is 0 Å². The molecule has 0 aromatic rings. The van der Waals surface area contributed by atoms with Crippen LogP contribution in [0.3, 0.4) is 0 Å². The summed E-state index contributed by atoms with van der Waals surface area (Å²) >= 11 is 0. The van der Waals surface area contributed by atoms with E-state index in [9.17, 15) is 0 Å². The molecule has 1 aliphatic rings. The molecule has 0 aromatic heterocycles. The van der Waals surface area contributed by atoms with Crippen LogP contribution in [0.15, 0.2) is 0 Å². The Labute approximate surface area is 94.3 Å². The van der Waals surface area contributed by atoms with Gasteiger partial charge < -0.3 is 9.47 Å². The predicted molar refractivity (Wildman–Crippen MR) is 62.9 cm³/mol. The van der Waals surface area contributed by atoms with Crippen LogP contribution in [0, 0.1) is 0 Å². The van der Waals surface area contributed by atoms with E-state index in [-0.39, 0.29) is 6.29 Å². The zero-order valence-electron chi connectivity index (χ0n) is 10.3. The summed E-state index contributed by atoms with van der Waals surface area (Å²) in [5, 5.41) is 0. The highest BCUT2D eigenvalue weighted by Crippen LogP contribution is 2.24. The van der Waals surface area contributed by atoms with Crippen molar-refractivity contribution in [1.29, 1.82) is 0 Å². The third-order valence-electron chi connectivity index (χ3n) is 3.21. The Morgan fingerprint density at radius 3 is 2.47 bits per heavy atom. The fourth-order valence-electron chi connectivity index (χ4n) is 2.21. The van der Waals surface area contributed by atoms with Crippen LogP contribution < -0.4 is 0 Å². The van der Waals surface area contributed by atoms with Gasteiger partial charge in [-0.2, -0.15) is 0 Å². The Bertz CT molecular complexity index is 147. The monoisotopic (exact) mass is 214 g/mol. The van der Waals surface area contributed by atoms with Gasteiger partial charge in [0, 0.05) is 13.5 Å². The van der Waals surface area contributed by atoms with E-state index in [1.54, 1.807) is 7.11 Å². The van der Waals surface area contributed by atoms with E-state index in [0.717, 1.165) is 6.42 Å². The van der Waals surface area contributed by atoms with Crippen LogP contribution in [0.1, 0.15) is 64.7 Å². The van der Waals surface area contributed by atoms with Crippen LogP contribution in [0.25, 0.3) is 0 Å². The lowest BCUT2D eigenvalue weighted by atomic mass is 10.1. The molecule has 1 saturated heterocycles. The third kappa shape index (κ3) is 5.53. The van der Waals surface area contributed by atoms with Crippen LogP contribution in [0.5, 0.6) is 0 Å². The van der Waals surface area contributed by atoms with Crippen LogP contribution in [-0.4, -0.2) is 19.5 Å². The van der Waals surface area contributed by atoms with Crippen LogP contribution in [-0.2, 0) is 9.47 Å². The highest BCUT2D eigenvalue weighted by atomic mass is 16.7. The normalized spacial score (nSPS) is 26.0. The minimum atomic E-state index is 0.0788. The molecule has 15 heavy (non-hydrogen) atoms. The number of hydrogen-bond donors (Lipinski definition) is 0. The van der Waals surface area contributed by atoms with Crippen molar-refractivity contribution in [3.8, 4) is 0 Å². The SMILES string of the molecule is CCCCCCCC[C@H]1CCC(OC)O1. The molecule has 0 bridgehead atoms. The predicted octanol–water partition coefficient (Wildman–Crippen LogP) is 3.89. The topological polar surface area (TPSA) is 18.5 Å². The van der Waals surface area contributed by atoms with Crippen LogP contribution in [0.2, 0.25) is 0 Å². The summed E-state index contributed by atoms with van der Waals surface area (Å²) in [6, 6.07) is 0. The average Bonchev–Trinajstić information content (AvgIpc) is 2.71. The lowest BCUT2D eigenvalue weighted by Crippen LogP contribution is -2.12. The van der Waals surface area contributed by atoms with E-state index in [1.807, 2.05) is 0 Å². The molecule has 1 heterocycles. The summed E-state index contributed by atoms with van der Waals surface area (Å²) in [5.74, 6) is 0. The summed E-state index contributed by atoms with van der Waals surface area (Å²) in [4.78, 5) is 0. The van der Waals surface area contributed by atoms with Gasteiger partial charge in [-0.15, -0.1) is 0 Å². The largest absolute Gasteiger partial charge is 0.356 e. The molecular weight excluding hydrogens is 188 g/mol. The van der Waals surface area contributed by atoms with Crippen molar-refractivity contribution in [2.24, 2.45) is 0 Å². The van der Waals surface area contributed by atoms with Gasteiger partial charge in [0.25, 0.3) is 0 Å². The summed E-state index contributed by atoms with van der Waals surface area (Å²) in [6.07, 6.45) is 12.3. The Balaban J connectivity index is 1.88. The van der Waals surface area contributed by atoms with Crippen molar-refractivity contribution in [3.05, 3.63) is 0 Å². The molecule has 2 atom stereocenters. The van der Waals surface area contributed by atoms with Gasteiger partial charge in [-0.3, -0.25) is 0 Å². The third-order valence-corrected chi connectivity index (χ3v) is 3.21. The van der Waals surface area contributed by atoms with Gasteiger partial charge in [0.05, 0.1) is 6.10 Å². The minimum Gasteiger partial charge on any atom is -0.356 e. The maximum absolute atomic E-state index is 5.72. The quantitative estimate of drug-likeness (QED) is 0.571. The molecule has 0 aromatic carbocycles. The van der Waals surface area contributed by atoms with Gasteiger partial charge in [0.1, 0.15) is 0 Å². The number of methoxy groups -OCH3 is 1. The minimum absolute atomic E-state index is 0.0788. The molecule has 0 radical (unpaired) electrons. The molecule has 0 saturated carbocycles. The van der Waals surface area contributed by atoms with Crippen molar-refractivity contribution in [1.82, 2.24) is 0 Å². The van der Waals surface area contributed by atoms with Crippen molar-refractivity contribution >= 4 is 0 Å². The van der Waals surface area contributed by atoms with E-state index < -0.39 is 0 Å². The summed E-state index contributed by atoms with van der Waals surface area (Å²) < 4.78 is 10.9. The Kier molecular flexibility index (Phi) is 7.03. The van der Waals surface area contributed by atoms with Crippen molar-refractivity contribution < 1.29 is 9.47 Å². The average molecular weight is 214 g/mol. The summed E-state index contributed by atoms with van der Waals surface area (Å²) in [6.45, 7) is 2.26. The van der Waals surface area contributed by atoms with Gasteiger partial charge in [-0.1, -0.05) is 45.4 Å². The molecule has 2 heteroatoms. The van der Waals surface area contributed by atoms with E-state index in [4.69, 9.17) is 9.47 Å². The molecule has 1 rings (SSSR count). The molecule has 1 fully saturated rings. The fourth-order valence-corrected chi connectivity index (χ4v) is 2.21. The first-order valence-electron chi connectivity index (χ1n) is 6.55. The Hall–Kier alpha value is -0.0800. The second kappa shape index (κ2) is 8.12. The molecule has 0 amide bonds. The van der Waals surface area contributed by atoms with Crippen molar-refractivity contribution in [3.63, 3.8) is 0 Å². The van der Waals surface area contributed by atoms with E-state index >= 15 is 0 Å². The van der Waals surface area contributed by atoms with Gasteiger partial charge >= 0.3 is 0 Å². The fraction of sp³-hybridized carbons (Fsp3) is 1.00. The first-order chi connectivity index (χ1) is 7.36. The molecule has 2 nitrogen and oxygen atoms in total. The van der Waals surface area contributed by atoms with Crippen LogP contribution >= 0.6 is 0 Å². The second-order valence-electron chi connectivity index (χ2n) is 4.56. The maximum Gasteiger partial charge on any atom is 0.157 e. The number of hydrogen-bond acceptors (Lipinski definition) is 2. The first kappa shape index (κ1) is 13.0. The summed E-state index contributed by atoms with van der Waals surface area (Å²) in [5.41, 5.74) is 0. The number of unbranched alkanes of at least 4 members (excludes halogenated alkanes) is 5. The van der Waals surface area contributed by atoms with E-state index in [0.29, 0.717) is 6.10 Å². The molecular formula is C13H26O2. The molecule has 1 unspecified atom stereocenters. The van der Waals surface area contributed by atoms with Crippen molar-refractivity contribution in [2.75, 3.05) is 7.11 Å². The molecule has 0 spiro atoms. The maximum atomic E-state index is 5.72. The molecule has 0 N–H and O–H groups in total. The van der Waals surface area contributed by atoms with Gasteiger partial charge in [-0.05, 0) is 12.8 Å². The lowest BCUT2D eigenvalue weighted by Gasteiger charge is -2.11. The van der Waals surface area contributed by atoms with Crippen molar-refractivity contribution in [2.45, 2.75) is 77.1 Å². The number of ether oxygens (including phenoxy) is 2. The highest BCUT2D eigenvalue weighted by molar-refractivity contribution is 4.68. The van der Waals surface area contributed by atoms with Gasteiger partial charge in [-0.25, -0.2) is 0 Å². The van der Waals surface area contributed by atoms with Gasteiger partial charge in [0.15, 0.2) is 6.29 Å². The summed E-state index contributed by atoms with van der Waals surface area (Å²) in [7, 11) is 1.73. The van der Waals surface area contributed by atoms with E-state index in [2.05, 4.69) is 6.92 Å². The Morgan fingerprint density at radius 1 is 1.07 bits per heavy atom. The van der Waals surface area contributed by atoms with Gasteiger partial charge in [0.2, 0.25) is 0 Å². The smallest absolute Gasteiger partial charge is 0.157 e. The zero-order chi connectivity index (χ0) is 10.9. The zero-order valence-corrected chi connectivity index (χ0v) is 10.3. The standard InChI is InChI=1S/C13H26O2/c1-3-4-5-6-7-8-9-12-10-11-13(14-2)15-12/h12-13H,3-11H2,1-2H3/t12-,13?/m0/s1. The number of rotatable bonds is 8. The lowest BCUT2D eigenvalue weighted by molar-refractivity contribution is -0.116. The molecule has 1 aliphatic heterocycles. The second-order valence-corrected chi connectivity index (χ2v) is 4.56. The Morgan fingerprint density at radius 2 is 1.80 bits per heavy atom. The highest BCUT2D eigenvalue weighted by Gasteiger charge is 2.23. The molecule has 0 aliphatic carbocycles.